The molecule has 0 aliphatic heterocycles. The molecule has 0 saturated heterocycles. The lowest BCUT2D eigenvalue weighted by Gasteiger charge is -2.34. The van der Waals surface area contributed by atoms with Gasteiger partial charge in [-0.15, -0.1) is 0 Å². The van der Waals surface area contributed by atoms with Crippen LogP contribution < -0.4 is 0 Å². The Morgan fingerprint density at radius 2 is 0.963 bits per heavy atom. The molecule has 4 heteroatoms. The fourth-order valence-electron chi connectivity index (χ4n) is 3.10. The van der Waals surface area contributed by atoms with Crippen LogP contribution in [0.1, 0.15) is 66.0 Å². The first kappa shape index (κ1) is 20.7. The van der Waals surface area contributed by atoms with Crippen LogP contribution in [0, 0.1) is 13.8 Å². The molecule has 0 atom stereocenters. The van der Waals surface area contributed by atoms with Crippen LogP contribution in [-0.4, -0.2) is 23.1 Å². The quantitative estimate of drug-likeness (QED) is 0.652. The number of esters is 2. The Bertz CT molecular complexity index is 730. The lowest BCUT2D eigenvalue weighted by atomic mass is 9.92. The summed E-state index contributed by atoms with van der Waals surface area (Å²) in [5.41, 5.74) is 1.58. The van der Waals surface area contributed by atoms with Crippen LogP contribution in [0.5, 0.6) is 0 Å². The maximum absolute atomic E-state index is 12.4. The third-order valence-corrected chi connectivity index (χ3v) is 4.16. The van der Waals surface area contributed by atoms with Gasteiger partial charge < -0.3 is 9.47 Å². The van der Waals surface area contributed by atoms with Crippen molar-refractivity contribution in [3.8, 4) is 0 Å². The number of hydrogen-bond donors (Lipinski definition) is 0. The highest BCUT2D eigenvalue weighted by Crippen LogP contribution is 2.28. The van der Waals surface area contributed by atoms with Gasteiger partial charge in [-0.2, -0.15) is 0 Å². The van der Waals surface area contributed by atoms with Crippen LogP contribution in [0.25, 0.3) is 0 Å². The van der Waals surface area contributed by atoms with Crippen molar-refractivity contribution in [3.63, 3.8) is 0 Å². The molecule has 4 nitrogen and oxygen atoms in total. The minimum Gasteiger partial charge on any atom is -0.456 e. The molecule has 0 radical (unpaired) electrons. The highest BCUT2D eigenvalue weighted by Gasteiger charge is 2.35. The third kappa shape index (κ3) is 6.24. The van der Waals surface area contributed by atoms with E-state index < -0.39 is 11.2 Å². The second kappa shape index (κ2) is 7.95. The Hall–Kier alpha value is -2.62. The number of ether oxygens (including phenoxy) is 2. The van der Waals surface area contributed by atoms with Crippen LogP contribution in [-0.2, 0) is 9.47 Å². The van der Waals surface area contributed by atoms with Gasteiger partial charge in [0, 0.05) is 6.42 Å². The second-order valence-electron chi connectivity index (χ2n) is 8.21. The van der Waals surface area contributed by atoms with Crippen molar-refractivity contribution in [3.05, 3.63) is 70.8 Å². The molecule has 2 aromatic carbocycles. The molecule has 0 saturated carbocycles. The van der Waals surface area contributed by atoms with E-state index in [4.69, 9.17) is 9.47 Å². The smallest absolute Gasteiger partial charge is 0.338 e. The highest BCUT2D eigenvalue weighted by molar-refractivity contribution is 5.90. The molecule has 0 fully saturated rings. The monoisotopic (exact) mass is 368 g/mol. The summed E-state index contributed by atoms with van der Waals surface area (Å²) in [4.78, 5) is 24.8. The molecular formula is C23H28O4. The minimum absolute atomic E-state index is 0.370. The Balaban J connectivity index is 2.01. The zero-order chi connectivity index (χ0) is 20.2. The van der Waals surface area contributed by atoms with E-state index in [-0.39, 0.29) is 11.9 Å². The number of aryl methyl sites for hydroxylation is 2. The molecule has 0 heterocycles. The zero-order valence-electron chi connectivity index (χ0n) is 17.0. The fraction of sp³-hybridized carbons (Fsp3) is 0.391. The molecule has 2 aromatic rings. The Labute approximate surface area is 161 Å². The van der Waals surface area contributed by atoms with Crippen LogP contribution in [0.4, 0.5) is 0 Å². The van der Waals surface area contributed by atoms with Crippen molar-refractivity contribution in [1.29, 1.82) is 0 Å². The molecule has 0 aromatic heterocycles. The topological polar surface area (TPSA) is 52.6 Å². The van der Waals surface area contributed by atoms with Crippen molar-refractivity contribution >= 4 is 11.9 Å². The molecule has 0 aliphatic rings. The van der Waals surface area contributed by atoms with Gasteiger partial charge in [-0.05, 0) is 65.8 Å². The molecule has 0 bridgehead atoms. The van der Waals surface area contributed by atoms with E-state index in [2.05, 4.69) is 0 Å². The summed E-state index contributed by atoms with van der Waals surface area (Å²) < 4.78 is 11.3. The molecule has 0 unspecified atom stereocenters. The van der Waals surface area contributed by atoms with Gasteiger partial charge in [0.25, 0.3) is 0 Å². The average Bonchev–Trinajstić information content (AvgIpc) is 2.53. The van der Waals surface area contributed by atoms with Crippen molar-refractivity contribution in [2.75, 3.05) is 0 Å². The average molecular weight is 368 g/mol. The first-order chi connectivity index (χ1) is 12.5. The largest absolute Gasteiger partial charge is 0.456 e. The number of benzene rings is 2. The van der Waals surface area contributed by atoms with Crippen molar-refractivity contribution < 1.29 is 19.1 Å². The number of carbonyl (C=O) groups is 2. The van der Waals surface area contributed by atoms with Crippen molar-refractivity contribution in [2.24, 2.45) is 0 Å². The summed E-state index contributed by atoms with van der Waals surface area (Å²) in [5, 5.41) is 0. The lowest BCUT2D eigenvalue weighted by Crippen LogP contribution is -2.40. The first-order valence-corrected chi connectivity index (χ1v) is 9.07. The van der Waals surface area contributed by atoms with Gasteiger partial charge in [-0.1, -0.05) is 35.4 Å². The van der Waals surface area contributed by atoms with Gasteiger partial charge in [0.05, 0.1) is 11.1 Å². The molecule has 27 heavy (non-hydrogen) atoms. The number of rotatable bonds is 6. The molecule has 0 amide bonds. The predicted octanol–water partition coefficient (Wildman–Crippen LogP) is 5.26. The van der Waals surface area contributed by atoms with E-state index in [0.717, 1.165) is 11.1 Å². The predicted molar refractivity (Wildman–Crippen MR) is 106 cm³/mol. The highest BCUT2D eigenvalue weighted by atomic mass is 16.6. The molecule has 2 rings (SSSR count). The first-order valence-electron chi connectivity index (χ1n) is 9.07. The Kier molecular flexibility index (Phi) is 6.09. The Morgan fingerprint density at radius 3 is 1.26 bits per heavy atom. The van der Waals surface area contributed by atoms with Crippen LogP contribution in [0.3, 0.4) is 0 Å². The molecular weight excluding hydrogens is 340 g/mol. The molecule has 144 valence electrons. The van der Waals surface area contributed by atoms with E-state index in [1.165, 1.54) is 0 Å². The molecule has 0 aliphatic carbocycles. The van der Waals surface area contributed by atoms with Crippen molar-refractivity contribution in [2.45, 2.75) is 59.2 Å². The van der Waals surface area contributed by atoms with Gasteiger partial charge in [0.1, 0.15) is 11.2 Å². The van der Waals surface area contributed by atoms with Gasteiger partial charge in [-0.25, -0.2) is 9.59 Å². The van der Waals surface area contributed by atoms with Crippen molar-refractivity contribution in [1.82, 2.24) is 0 Å². The third-order valence-electron chi connectivity index (χ3n) is 4.16. The summed E-state index contributed by atoms with van der Waals surface area (Å²) >= 11 is 0. The summed E-state index contributed by atoms with van der Waals surface area (Å²) in [5.74, 6) is -0.777. The van der Waals surface area contributed by atoms with Gasteiger partial charge in [0.2, 0.25) is 0 Å². The van der Waals surface area contributed by atoms with E-state index in [1.807, 2.05) is 65.8 Å². The van der Waals surface area contributed by atoms with Gasteiger partial charge >= 0.3 is 11.9 Å². The second-order valence-corrected chi connectivity index (χ2v) is 8.21. The molecule has 0 N–H and O–H groups in total. The number of carbonyl (C=O) groups excluding carboxylic acids is 2. The van der Waals surface area contributed by atoms with Gasteiger partial charge in [-0.3, -0.25) is 0 Å². The van der Waals surface area contributed by atoms with Crippen LogP contribution in [0.15, 0.2) is 48.5 Å². The summed E-state index contributed by atoms with van der Waals surface area (Å²) in [6.07, 6.45) is 0.370. The summed E-state index contributed by atoms with van der Waals surface area (Å²) in [7, 11) is 0. The maximum atomic E-state index is 12.4. The van der Waals surface area contributed by atoms with Crippen LogP contribution >= 0.6 is 0 Å². The SMILES string of the molecule is Cc1ccc(C(=O)OC(C)(C)CC(C)(C)OC(=O)c2ccc(C)cc2)cc1. The summed E-state index contributed by atoms with van der Waals surface area (Å²) in [6.45, 7) is 11.2. The van der Waals surface area contributed by atoms with E-state index >= 15 is 0 Å². The van der Waals surface area contributed by atoms with E-state index in [1.54, 1.807) is 24.3 Å². The Morgan fingerprint density at radius 1 is 0.667 bits per heavy atom. The van der Waals surface area contributed by atoms with E-state index in [9.17, 15) is 9.59 Å². The maximum Gasteiger partial charge on any atom is 0.338 e. The van der Waals surface area contributed by atoms with Gasteiger partial charge in [0.15, 0.2) is 0 Å². The standard InChI is InChI=1S/C23H28O4/c1-16-7-11-18(12-8-16)20(24)26-22(3,4)15-23(5,6)27-21(25)19-13-9-17(2)10-14-19/h7-14H,15H2,1-6H3. The lowest BCUT2D eigenvalue weighted by molar-refractivity contribution is -0.0587. The van der Waals surface area contributed by atoms with E-state index in [0.29, 0.717) is 17.5 Å². The minimum atomic E-state index is -0.793. The van der Waals surface area contributed by atoms with Crippen LogP contribution in [0.2, 0.25) is 0 Å². The normalized spacial score (nSPS) is 11.8. The molecule has 0 spiro atoms. The number of hydrogen-bond acceptors (Lipinski definition) is 4. The fourth-order valence-corrected chi connectivity index (χ4v) is 3.10. The summed E-state index contributed by atoms with van der Waals surface area (Å²) in [6, 6.07) is 14.5. The zero-order valence-corrected chi connectivity index (χ0v) is 17.0.